The predicted molar refractivity (Wildman–Crippen MR) is 108 cm³/mol. The van der Waals surface area contributed by atoms with Crippen molar-refractivity contribution in [1.82, 2.24) is 5.32 Å². The zero-order valence-corrected chi connectivity index (χ0v) is 16.3. The minimum atomic E-state index is -0.466. The summed E-state index contributed by atoms with van der Waals surface area (Å²) < 4.78 is 10.7. The van der Waals surface area contributed by atoms with E-state index in [1.54, 1.807) is 18.2 Å². The highest BCUT2D eigenvalue weighted by Gasteiger charge is 2.32. The second kappa shape index (κ2) is 9.07. The molecule has 0 saturated heterocycles. The smallest absolute Gasteiger partial charge is 0.314 e. The van der Waals surface area contributed by atoms with Gasteiger partial charge in [-0.05, 0) is 49.1 Å². The minimum Gasteiger partial charge on any atom is -0.493 e. The number of carbonyl (C=O) groups is 2. The van der Waals surface area contributed by atoms with Crippen LogP contribution in [0.3, 0.4) is 0 Å². The van der Waals surface area contributed by atoms with Gasteiger partial charge in [-0.3, -0.25) is 9.59 Å². The zero-order valence-electron chi connectivity index (χ0n) is 16.3. The van der Waals surface area contributed by atoms with Crippen molar-refractivity contribution >= 4 is 18.0 Å². The number of esters is 1. The van der Waals surface area contributed by atoms with Gasteiger partial charge in [-0.25, -0.2) is 0 Å². The first-order valence-corrected chi connectivity index (χ1v) is 9.39. The Morgan fingerprint density at radius 2 is 1.90 bits per heavy atom. The van der Waals surface area contributed by atoms with Crippen molar-refractivity contribution in [3.63, 3.8) is 0 Å². The molecule has 1 atom stereocenters. The number of hydrogen-bond donors (Lipinski definition) is 1. The highest BCUT2D eigenvalue weighted by molar-refractivity contribution is 6.01. The van der Waals surface area contributed by atoms with E-state index in [4.69, 9.17) is 9.47 Å². The lowest BCUT2D eigenvalue weighted by Crippen LogP contribution is -2.27. The molecule has 1 amide bonds. The van der Waals surface area contributed by atoms with Crippen LogP contribution >= 0.6 is 0 Å². The number of methoxy groups -OCH3 is 1. The Morgan fingerprint density at radius 3 is 2.52 bits per heavy atom. The second-order valence-electron chi connectivity index (χ2n) is 6.88. The highest BCUT2D eigenvalue weighted by atomic mass is 16.6. The molecule has 148 valence electrons. The summed E-state index contributed by atoms with van der Waals surface area (Å²) in [5.74, 6) is -0.0734. The van der Waals surface area contributed by atoms with Crippen molar-refractivity contribution in [2.45, 2.75) is 25.8 Å². The van der Waals surface area contributed by atoms with Crippen LogP contribution in [0.2, 0.25) is 0 Å². The van der Waals surface area contributed by atoms with Gasteiger partial charge in [0, 0.05) is 0 Å². The Hall–Kier alpha value is -3.59. The van der Waals surface area contributed by atoms with Gasteiger partial charge in [-0.2, -0.15) is 5.26 Å². The van der Waals surface area contributed by atoms with E-state index in [9.17, 15) is 14.9 Å². The Kier molecular flexibility index (Phi) is 6.30. The van der Waals surface area contributed by atoms with Crippen LogP contribution in [-0.4, -0.2) is 19.0 Å². The van der Waals surface area contributed by atoms with Crippen LogP contribution in [-0.2, 0) is 9.59 Å². The SMILES string of the molecule is COc1cc(/C=C(\C#N)C(=O)N[C@H](C)c2ccccc2)ccc1OC(=O)C1CC1. The summed E-state index contributed by atoms with van der Waals surface area (Å²) in [7, 11) is 1.47. The molecule has 1 N–H and O–H groups in total. The van der Waals surface area contributed by atoms with Gasteiger partial charge >= 0.3 is 5.97 Å². The summed E-state index contributed by atoms with van der Waals surface area (Å²) in [5, 5.41) is 12.3. The fourth-order valence-electron chi connectivity index (χ4n) is 2.78. The van der Waals surface area contributed by atoms with Gasteiger partial charge in [0.05, 0.1) is 19.1 Å². The summed E-state index contributed by atoms with van der Waals surface area (Å²) in [4.78, 5) is 24.4. The molecule has 3 rings (SSSR count). The monoisotopic (exact) mass is 390 g/mol. The maximum Gasteiger partial charge on any atom is 0.314 e. The summed E-state index contributed by atoms with van der Waals surface area (Å²) in [6.45, 7) is 1.86. The van der Waals surface area contributed by atoms with E-state index in [1.165, 1.54) is 13.2 Å². The van der Waals surface area contributed by atoms with Crippen LogP contribution in [0.25, 0.3) is 6.08 Å². The van der Waals surface area contributed by atoms with E-state index in [1.807, 2.05) is 43.3 Å². The maximum atomic E-state index is 12.5. The molecule has 0 unspecified atom stereocenters. The summed E-state index contributed by atoms with van der Waals surface area (Å²) >= 11 is 0. The Balaban J connectivity index is 1.74. The molecule has 1 saturated carbocycles. The van der Waals surface area contributed by atoms with Crippen LogP contribution in [0, 0.1) is 17.2 Å². The molecule has 2 aromatic carbocycles. The van der Waals surface area contributed by atoms with Crippen molar-refractivity contribution in [1.29, 1.82) is 5.26 Å². The lowest BCUT2D eigenvalue weighted by Gasteiger charge is -2.14. The number of rotatable bonds is 7. The van der Waals surface area contributed by atoms with Gasteiger partial charge in [-0.15, -0.1) is 0 Å². The van der Waals surface area contributed by atoms with Gasteiger partial charge in [0.25, 0.3) is 5.91 Å². The lowest BCUT2D eigenvalue weighted by molar-refractivity contribution is -0.135. The average molecular weight is 390 g/mol. The van der Waals surface area contributed by atoms with Crippen LogP contribution in [0.5, 0.6) is 11.5 Å². The Bertz CT molecular complexity index is 972. The zero-order chi connectivity index (χ0) is 20.8. The average Bonchev–Trinajstić information content (AvgIpc) is 3.58. The minimum absolute atomic E-state index is 0.0280. The number of nitrogens with one attached hydrogen (secondary N) is 1. The van der Waals surface area contributed by atoms with Crippen molar-refractivity contribution in [3.8, 4) is 17.6 Å². The number of ether oxygens (including phenoxy) is 2. The van der Waals surface area contributed by atoms with Crippen molar-refractivity contribution < 1.29 is 19.1 Å². The van der Waals surface area contributed by atoms with E-state index in [2.05, 4.69) is 5.32 Å². The van der Waals surface area contributed by atoms with Crippen LogP contribution in [0.15, 0.2) is 54.1 Å². The number of carbonyl (C=O) groups excluding carboxylic acids is 2. The molecule has 6 heteroatoms. The quantitative estimate of drug-likeness (QED) is 0.336. The number of amides is 1. The molecule has 0 spiro atoms. The fourth-order valence-corrected chi connectivity index (χ4v) is 2.78. The summed E-state index contributed by atoms with van der Waals surface area (Å²) in [6, 6.07) is 16.1. The van der Waals surface area contributed by atoms with E-state index < -0.39 is 5.91 Å². The molecule has 2 aromatic rings. The first-order valence-electron chi connectivity index (χ1n) is 9.39. The van der Waals surface area contributed by atoms with Gasteiger partial charge < -0.3 is 14.8 Å². The van der Waals surface area contributed by atoms with Crippen LogP contribution < -0.4 is 14.8 Å². The number of nitriles is 1. The van der Waals surface area contributed by atoms with Gasteiger partial charge in [0.1, 0.15) is 11.6 Å². The molecule has 29 heavy (non-hydrogen) atoms. The predicted octanol–water partition coefficient (Wildman–Crippen LogP) is 3.79. The van der Waals surface area contributed by atoms with Gasteiger partial charge in [0.15, 0.2) is 11.5 Å². The Labute approximate surface area is 169 Å². The molecule has 0 radical (unpaired) electrons. The molecule has 0 heterocycles. The standard InChI is InChI=1S/C23H22N2O4/c1-15(17-6-4-3-5-7-17)25-22(26)19(14-24)12-16-8-11-20(21(13-16)28-2)29-23(27)18-9-10-18/h3-8,11-13,15,18H,9-10H2,1-2H3,(H,25,26)/b19-12+/t15-/m1/s1. The first kappa shape index (κ1) is 20.2. The molecule has 6 nitrogen and oxygen atoms in total. The van der Waals surface area contributed by atoms with Crippen LogP contribution in [0.1, 0.15) is 36.9 Å². The largest absolute Gasteiger partial charge is 0.493 e. The molecule has 1 aliphatic rings. The second-order valence-corrected chi connectivity index (χ2v) is 6.88. The van der Waals surface area contributed by atoms with E-state index in [0.29, 0.717) is 17.1 Å². The molecule has 1 fully saturated rings. The van der Waals surface area contributed by atoms with Crippen molar-refractivity contribution in [2.75, 3.05) is 7.11 Å². The van der Waals surface area contributed by atoms with Crippen molar-refractivity contribution in [2.24, 2.45) is 5.92 Å². The molecule has 0 aliphatic heterocycles. The maximum absolute atomic E-state index is 12.5. The van der Waals surface area contributed by atoms with Crippen LogP contribution in [0.4, 0.5) is 0 Å². The van der Waals surface area contributed by atoms with Gasteiger partial charge in [-0.1, -0.05) is 36.4 Å². The van der Waals surface area contributed by atoms with E-state index >= 15 is 0 Å². The Morgan fingerprint density at radius 1 is 1.17 bits per heavy atom. The molecular weight excluding hydrogens is 368 g/mol. The first-order chi connectivity index (χ1) is 14.0. The molecular formula is C23H22N2O4. The number of hydrogen-bond acceptors (Lipinski definition) is 5. The van der Waals surface area contributed by atoms with Crippen molar-refractivity contribution in [3.05, 3.63) is 65.2 Å². The normalized spacial score (nSPS) is 14.4. The third-order valence-corrected chi connectivity index (χ3v) is 4.63. The molecule has 0 bridgehead atoms. The number of benzene rings is 2. The highest BCUT2D eigenvalue weighted by Crippen LogP contribution is 2.34. The third kappa shape index (κ3) is 5.23. The van der Waals surface area contributed by atoms with E-state index in [-0.39, 0.29) is 23.5 Å². The van der Waals surface area contributed by atoms with E-state index in [0.717, 1.165) is 18.4 Å². The molecule has 0 aromatic heterocycles. The topological polar surface area (TPSA) is 88.4 Å². The fraction of sp³-hybridized carbons (Fsp3) is 0.261. The lowest BCUT2D eigenvalue weighted by atomic mass is 10.1. The van der Waals surface area contributed by atoms with Gasteiger partial charge in [0.2, 0.25) is 0 Å². The molecule has 1 aliphatic carbocycles. The number of nitrogens with zero attached hydrogens (tertiary/aromatic N) is 1. The third-order valence-electron chi connectivity index (χ3n) is 4.63. The summed E-state index contributed by atoms with van der Waals surface area (Å²) in [5.41, 5.74) is 1.51. The summed E-state index contributed by atoms with van der Waals surface area (Å²) in [6.07, 6.45) is 3.18.